The number of nitrogens with zero attached hydrogens (tertiary/aromatic N) is 1. The number of carboxylic acid groups (broad SMARTS) is 1. The second-order valence-electron chi connectivity index (χ2n) is 5.80. The van der Waals surface area contributed by atoms with Crippen molar-refractivity contribution in [2.24, 2.45) is 0 Å². The van der Waals surface area contributed by atoms with E-state index in [1.54, 1.807) is 0 Å². The van der Waals surface area contributed by atoms with Crippen LogP contribution in [0.15, 0.2) is 54.6 Å². The van der Waals surface area contributed by atoms with Gasteiger partial charge in [-0.05, 0) is 23.1 Å². The van der Waals surface area contributed by atoms with Gasteiger partial charge in [-0.3, -0.25) is 4.90 Å². The fourth-order valence-electron chi connectivity index (χ4n) is 2.91. The highest BCUT2D eigenvalue weighted by Crippen LogP contribution is 2.26. The smallest absolute Gasteiger partial charge is 0.408 e. The maximum Gasteiger partial charge on any atom is 0.408 e. The summed E-state index contributed by atoms with van der Waals surface area (Å²) >= 11 is 0. The van der Waals surface area contributed by atoms with E-state index in [4.69, 9.17) is 4.74 Å². The number of hydrogen-bond donors (Lipinski definition) is 1. The van der Waals surface area contributed by atoms with Gasteiger partial charge in [-0.1, -0.05) is 61.5 Å². The van der Waals surface area contributed by atoms with Crippen molar-refractivity contribution in [2.45, 2.75) is 32.0 Å². The maximum atomic E-state index is 11.6. The largest absolute Gasteiger partial charge is 0.465 e. The Morgan fingerprint density at radius 3 is 2.25 bits per heavy atom. The number of carbonyl (C=O) groups is 2. The number of rotatable bonds is 5. The van der Waals surface area contributed by atoms with Crippen molar-refractivity contribution in [1.82, 2.24) is 4.90 Å². The van der Waals surface area contributed by atoms with Crippen LogP contribution in [-0.2, 0) is 16.1 Å². The van der Waals surface area contributed by atoms with Gasteiger partial charge in [-0.25, -0.2) is 9.59 Å². The predicted octanol–water partition coefficient (Wildman–Crippen LogP) is 3.54. The van der Waals surface area contributed by atoms with E-state index in [0.717, 1.165) is 21.6 Å². The Balaban J connectivity index is 1.76. The summed E-state index contributed by atoms with van der Waals surface area (Å²) in [4.78, 5) is 24.4. The minimum absolute atomic E-state index is 0.167. The summed E-state index contributed by atoms with van der Waals surface area (Å²) in [5, 5.41) is 9.45. The normalized spacial score (nSPS) is 19.3. The Kier molecular flexibility index (Phi) is 4.51. The molecule has 2 aromatic carbocycles. The van der Waals surface area contributed by atoms with Gasteiger partial charge >= 0.3 is 12.1 Å². The first-order chi connectivity index (χ1) is 11.6. The predicted molar refractivity (Wildman–Crippen MR) is 89.4 cm³/mol. The van der Waals surface area contributed by atoms with E-state index in [1.165, 1.54) is 0 Å². The molecule has 1 aliphatic rings. The molecule has 0 aromatic heterocycles. The highest BCUT2D eigenvalue weighted by molar-refractivity contribution is 5.86. The molecular formula is C19H19NO4. The van der Waals surface area contributed by atoms with Gasteiger partial charge in [0.05, 0.1) is 6.54 Å². The summed E-state index contributed by atoms with van der Waals surface area (Å²) in [5.74, 6) is -0.467. The summed E-state index contributed by atoms with van der Waals surface area (Å²) in [6, 6.07) is 17.0. The van der Waals surface area contributed by atoms with Crippen LogP contribution in [0.1, 0.15) is 18.9 Å². The standard InChI is InChI=1S/C19H19NO4/c1-2-16-17(18(21)24-16)20(19(22)23)12-13-8-10-15(11-9-13)14-6-4-3-5-7-14/h3-11,16-17H,2,12H2,1H3,(H,22,23). The summed E-state index contributed by atoms with van der Waals surface area (Å²) < 4.78 is 5.00. The van der Waals surface area contributed by atoms with Crippen molar-refractivity contribution in [1.29, 1.82) is 0 Å². The molecule has 0 bridgehead atoms. The van der Waals surface area contributed by atoms with E-state index in [2.05, 4.69) is 0 Å². The van der Waals surface area contributed by atoms with Gasteiger partial charge in [0.15, 0.2) is 6.04 Å². The second-order valence-corrected chi connectivity index (χ2v) is 5.80. The highest BCUT2D eigenvalue weighted by atomic mass is 16.6. The number of esters is 1. The zero-order valence-electron chi connectivity index (χ0n) is 13.4. The molecule has 1 N–H and O–H groups in total. The van der Waals surface area contributed by atoms with E-state index in [0.29, 0.717) is 6.42 Å². The third kappa shape index (κ3) is 3.11. The average Bonchev–Trinajstić information content (AvgIpc) is 2.60. The van der Waals surface area contributed by atoms with Gasteiger partial charge in [-0.15, -0.1) is 0 Å². The van der Waals surface area contributed by atoms with Crippen LogP contribution in [0.4, 0.5) is 4.79 Å². The lowest BCUT2D eigenvalue weighted by molar-refractivity contribution is -0.186. The molecule has 124 valence electrons. The minimum Gasteiger partial charge on any atom is -0.465 e. The van der Waals surface area contributed by atoms with Gasteiger partial charge < -0.3 is 9.84 Å². The molecule has 24 heavy (non-hydrogen) atoms. The van der Waals surface area contributed by atoms with E-state index in [1.807, 2.05) is 61.5 Å². The molecule has 5 nitrogen and oxygen atoms in total. The number of carbonyl (C=O) groups excluding carboxylic acids is 1. The SMILES string of the molecule is CCC1OC(=O)C1N(Cc1ccc(-c2ccccc2)cc1)C(=O)O. The van der Waals surface area contributed by atoms with Crippen molar-refractivity contribution in [2.75, 3.05) is 0 Å². The molecule has 1 amide bonds. The van der Waals surface area contributed by atoms with Crippen LogP contribution in [0, 0.1) is 0 Å². The van der Waals surface area contributed by atoms with E-state index >= 15 is 0 Å². The number of ether oxygens (including phenoxy) is 1. The lowest BCUT2D eigenvalue weighted by atomic mass is 10.00. The Morgan fingerprint density at radius 2 is 1.71 bits per heavy atom. The molecule has 2 unspecified atom stereocenters. The molecule has 1 aliphatic heterocycles. The number of amides is 1. The monoisotopic (exact) mass is 325 g/mol. The van der Waals surface area contributed by atoms with Crippen LogP contribution < -0.4 is 0 Å². The highest BCUT2D eigenvalue weighted by Gasteiger charge is 2.47. The van der Waals surface area contributed by atoms with Crippen LogP contribution >= 0.6 is 0 Å². The van der Waals surface area contributed by atoms with Crippen LogP contribution in [0.5, 0.6) is 0 Å². The quantitative estimate of drug-likeness (QED) is 0.854. The number of hydrogen-bond acceptors (Lipinski definition) is 3. The molecule has 2 aromatic rings. The van der Waals surface area contributed by atoms with E-state index in [-0.39, 0.29) is 12.6 Å². The Hall–Kier alpha value is -2.82. The van der Waals surface area contributed by atoms with Gasteiger partial charge in [0, 0.05) is 0 Å². The second kappa shape index (κ2) is 6.74. The van der Waals surface area contributed by atoms with Crippen LogP contribution in [0.2, 0.25) is 0 Å². The van der Waals surface area contributed by atoms with Crippen LogP contribution in [0.25, 0.3) is 11.1 Å². The third-order valence-corrected chi connectivity index (χ3v) is 4.26. The number of benzene rings is 2. The van der Waals surface area contributed by atoms with E-state index < -0.39 is 18.1 Å². The van der Waals surface area contributed by atoms with Crippen molar-refractivity contribution in [3.05, 3.63) is 60.2 Å². The molecule has 5 heteroatoms. The Morgan fingerprint density at radius 1 is 1.08 bits per heavy atom. The summed E-state index contributed by atoms with van der Waals surface area (Å²) in [6.45, 7) is 2.04. The van der Waals surface area contributed by atoms with Crippen LogP contribution in [-0.4, -0.2) is 34.2 Å². The molecule has 0 aliphatic carbocycles. The van der Waals surface area contributed by atoms with Gasteiger partial charge in [0.2, 0.25) is 0 Å². The lowest BCUT2D eigenvalue weighted by Crippen LogP contribution is -2.60. The fourth-order valence-corrected chi connectivity index (χ4v) is 2.91. The molecule has 3 rings (SSSR count). The first-order valence-electron chi connectivity index (χ1n) is 7.94. The van der Waals surface area contributed by atoms with E-state index in [9.17, 15) is 14.7 Å². The van der Waals surface area contributed by atoms with Crippen molar-refractivity contribution in [3.63, 3.8) is 0 Å². The third-order valence-electron chi connectivity index (χ3n) is 4.26. The topological polar surface area (TPSA) is 66.8 Å². The Labute approximate surface area is 140 Å². The molecular weight excluding hydrogens is 306 g/mol. The summed E-state index contributed by atoms with van der Waals surface area (Å²) in [5.41, 5.74) is 3.01. The van der Waals surface area contributed by atoms with Gasteiger partial charge in [-0.2, -0.15) is 0 Å². The maximum absolute atomic E-state index is 11.6. The average molecular weight is 325 g/mol. The van der Waals surface area contributed by atoms with Gasteiger partial charge in [0.1, 0.15) is 6.10 Å². The summed E-state index contributed by atoms with van der Waals surface area (Å²) in [7, 11) is 0. The van der Waals surface area contributed by atoms with Crippen LogP contribution in [0.3, 0.4) is 0 Å². The zero-order valence-corrected chi connectivity index (χ0v) is 13.4. The van der Waals surface area contributed by atoms with Gasteiger partial charge in [0.25, 0.3) is 0 Å². The summed E-state index contributed by atoms with van der Waals surface area (Å²) in [6.07, 6.45) is -0.855. The molecule has 2 atom stereocenters. The van der Waals surface area contributed by atoms with Crippen molar-refractivity contribution < 1.29 is 19.4 Å². The molecule has 0 spiro atoms. The molecule has 1 heterocycles. The first kappa shape index (κ1) is 16.1. The molecule has 0 saturated carbocycles. The fraction of sp³-hybridized carbons (Fsp3) is 0.263. The lowest BCUT2D eigenvalue weighted by Gasteiger charge is -2.40. The Bertz CT molecular complexity index is 727. The molecule has 0 radical (unpaired) electrons. The van der Waals surface area contributed by atoms with Crippen molar-refractivity contribution in [3.8, 4) is 11.1 Å². The molecule has 1 saturated heterocycles. The zero-order chi connectivity index (χ0) is 17.1. The number of cyclic esters (lactones) is 1. The first-order valence-corrected chi connectivity index (χ1v) is 7.94. The minimum atomic E-state index is -1.11. The molecule has 1 fully saturated rings. The van der Waals surface area contributed by atoms with Crippen molar-refractivity contribution >= 4 is 12.1 Å².